The number of nitrogens with zero attached hydrogens (tertiary/aromatic N) is 2. The number of hydrogen-bond acceptors (Lipinski definition) is 4. The Morgan fingerprint density at radius 3 is 2.38 bits per heavy atom. The minimum absolute atomic E-state index is 0.0172. The van der Waals surface area contributed by atoms with Crippen LogP contribution < -0.4 is 15.0 Å². The second-order valence-corrected chi connectivity index (χ2v) is 8.70. The van der Waals surface area contributed by atoms with Crippen LogP contribution in [0.5, 0.6) is 5.75 Å². The maximum atomic E-state index is 12.7. The molecule has 2 fully saturated rings. The molecule has 0 aliphatic carbocycles. The zero-order chi connectivity index (χ0) is 22.3. The Kier molecular flexibility index (Phi) is 7.43. The lowest BCUT2D eigenvalue weighted by Crippen LogP contribution is -2.32. The summed E-state index contributed by atoms with van der Waals surface area (Å²) >= 11 is 0. The van der Waals surface area contributed by atoms with Crippen molar-refractivity contribution in [3.05, 3.63) is 59.7 Å². The second kappa shape index (κ2) is 10.6. The third kappa shape index (κ3) is 5.68. The van der Waals surface area contributed by atoms with Crippen LogP contribution >= 0.6 is 0 Å². The monoisotopic (exact) mass is 435 g/mol. The number of carbonyl (C=O) groups excluding carboxylic acids is 2. The zero-order valence-corrected chi connectivity index (χ0v) is 18.9. The van der Waals surface area contributed by atoms with Gasteiger partial charge in [-0.3, -0.25) is 14.5 Å². The molecule has 2 heterocycles. The number of likely N-dealkylation sites (tertiary alicyclic amines) is 1. The molecule has 2 aromatic carbocycles. The van der Waals surface area contributed by atoms with Gasteiger partial charge in [-0.2, -0.15) is 0 Å². The molecule has 0 aromatic heterocycles. The van der Waals surface area contributed by atoms with Gasteiger partial charge in [-0.15, -0.1) is 0 Å². The number of piperidine rings is 1. The smallest absolute Gasteiger partial charge is 0.227 e. The highest BCUT2D eigenvalue weighted by Crippen LogP contribution is 2.27. The van der Waals surface area contributed by atoms with Gasteiger partial charge < -0.3 is 15.0 Å². The molecule has 1 atom stereocenters. The molecular weight excluding hydrogens is 402 g/mol. The van der Waals surface area contributed by atoms with Gasteiger partial charge in [-0.05, 0) is 68.2 Å². The number of rotatable bonds is 8. The summed E-state index contributed by atoms with van der Waals surface area (Å²) in [6.45, 7) is 6.80. The van der Waals surface area contributed by atoms with Crippen LogP contribution in [-0.2, 0) is 22.7 Å². The van der Waals surface area contributed by atoms with Crippen LogP contribution in [0.2, 0.25) is 0 Å². The summed E-state index contributed by atoms with van der Waals surface area (Å²) in [7, 11) is 0. The lowest BCUT2D eigenvalue weighted by molar-refractivity contribution is -0.126. The van der Waals surface area contributed by atoms with Gasteiger partial charge in [-0.25, -0.2) is 0 Å². The topological polar surface area (TPSA) is 61.9 Å². The Morgan fingerprint density at radius 1 is 1.00 bits per heavy atom. The maximum Gasteiger partial charge on any atom is 0.227 e. The van der Waals surface area contributed by atoms with E-state index in [4.69, 9.17) is 4.74 Å². The van der Waals surface area contributed by atoms with Crippen LogP contribution in [0.4, 0.5) is 5.69 Å². The standard InChI is InChI=1S/C26H33N3O3/c1-2-32-24-12-10-23(11-13-24)29-19-22(16-25(29)30)26(31)27-17-20-6-8-21(9-7-20)18-28-14-4-3-5-15-28/h6-13,22H,2-5,14-19H2,1H3,(H,27,31)/t22-/m0/s1. The minimum atomic E-state index is -0.326. The van der Waals surface area contributed by atoms with E-state index >= 15 is 0 Å². The molecule has 0 spiro atoms. The fraction of sp³-hybridized carbons (Fsp3) is 0.462. The minimum Gasteiger partial charge on any atom is -0.494 e. The lowest BCUT2D eigenvalue weighted by atomic mass is 10.1. The van der Waals surface area contributed by atoms with E-state index < -0.39 is 0 Å². The van der Waals surface area contributed by atoms with Crippen LogP contribution in [0.15, 0.2) is 48.5 Å². The van der Waals surface area contributed by atoms with Gasteiger partial charge >= 0.3 is 0 Å². The molecule has 2 aliphatic heterocycles. The highest BCUT2D eigenvalue weighted by molar-refractivity contribution is 6.00. The van der Waals surface area contributed by atoms with Crippen molar-refractivity contribution >= 4 is 17.5 Å². The fourth-order valence-electron chi connectivity index (χ4n) is 4.49. The van der Waals surface area contributed by atoms with Gasteiger partial charge in [0.25, 0.3) is 0 Å². The summed E-state index contributed by atoms with van der Waals surface area (Å²) in [5.74, 6) is 0.368. The number of amides is 2. The van der Waals surface area contributed by atoms with Gasteiger partial charge in [0.1, 0.15) is 5.75 Å². The van der Waals surface area contributed by atoms with Crippen LogP contribution in [0.1, 0.15) is 43.7 Å². The van der Waals surface area contributed by atoms with Crippen molar-refractivity contribution in [2.24, 2.45) is 5.92 Å². The van der Waals surface area contributed by atoms with Crippen LogP contribution in [-0.4, -0.2) is 43.0 Å². The van der Waals surface area contributed by atoms with Crippen LogP contribution in [0.25, 0.3) is 0 Å². The molecule has 32 heavy (non-hydrogen) atoms. The van der Waals surface area contributed by atoms with Crippen molar-refractivity contribution in [1.82, 2.24) is 10.2 Å². The van der Waals surface area contributed by atoms with Crippen molar-refractivity contribution in [3.63, 3.8) is 0 Å². The van der Waals surface area contributed by atoms with Crippen LogP contribution in [0, 0.1) is 5.92 Å². The highest BCUT2D eigenvalue weighted by Gasteiger charge is 2.35. The van der Waals surface area contributed by atoms with E-state index in [2.05, 4.69) is 34.5 Å². The first-order chi connectivity index (χ1) is 15.6. The first kappa shape index (κ1) is 22.3. The summed E-state index contributed by atoms with van der Waals surface area (Å²) in [6, 6.07) is 15.9. The van der Waals surface area contributed by atoms with Gasteiger partial charge in [0.2, 0.25) is 11.8 Å². The average Bonchev–Trinajstić information content (AvgIpc) is 3.21. The van der Waals surface area contributed by atoms with Crippen molar-refractivity contribution in [3.8, 4) is 5.75 Å². The molecule has 2 saturated heterocycles. The van der Waals surface area contributed by atoms with Crippen LogP contribution in [0.3, 0.4) is 0 Å². The van der Waals surface area contributed by atoms with E-state index in [0.717, 1.165) is 23.5 Å². The number of nitrogens with one attached hydrogen (secondary N) is 1. The van der Waals surface area contributed by atoms with Gasteiger partial charge in [0.05, 0.1) is 12.5 Å². The summed E-state index contributed by atoms with van der Waals surface area (Å²) in [5, 5.41) is 3.01. The predicted octanol–water partition coefficient (Wildman–Crippen LogP) is 3.74. The van der Waals surface area contributed by atoms with Gasteiger partial charge in [0, 0.05) is 31.7 Å². The Hall–Kier alpha value is -2.86. The normalized spacial score (nSPS) is 19.2. The third-order valence-corrected chi connectivity index (χ3v) is 6.30. The molecule has 0 saturated carbocycles. The van der Waals surface area contributed by atoms with Crippen molar-refractivity contribution in [1.29, 1.82) is 0 Å². The molecule has 1 N–H and O–H groups in total. The second-order valence-electron chi connectivity index (χ2n) is 8.70. The van der Waals surface area contributed by atoms with Crippen molar-refractivity contribution in [2.45, 2.75) is 45.7 Å². The summed E-state index contributed by atoms with van der Waals surface area (Å²) in [5.41, 5.74) is 3.20. The van der Waals surface area contributed by atoms with E-state index in [1.165, 1.54) is 37.9 Å². The molecule has 6 nitrogen and oxygen atoms in total. The Balaban J connectivity index is 1.26. The van der Waals surface area contributed by atoms with Gasteiger partial charge in [-0.1, -0.05) is 30.7 Å². The number of benzene rings is 2. The van der Waals surface area contributed by atoms with E-state index in [-0.39, 0.29) is 24.2 Å². The summed E-state index contributed by atoms with van der Waals surface area (Å²) < 4.78 is 5.46. The Morgan fingerprint density at radius 2 is 1.69 bits per heavy atom. The highest BCUT2D eigenvalue weighted by atomic mass is 16.5. The van der Waals surface area contributed by atoms with E-state index in [0.29, 0.717) is 19.7 Å². The van der Waals surface area contributed by atoms with E-state index in [1.54, 1.807) is 4.90 Å². The number of anilines is 1. The molecule has 6 heteroatoms. The molecule has 0 radical (unpaired) electrons. The molecule has 0 bridgehead atoms. The first-order valence-electron chi connectivity index (χ1n) is 11.7. The molecule has 2 aliphatic rings. The molecular formula is C26H33N3O3. The Bertz CT molecular complexity index is 905. The largest absolute Gasteiger partial charge is 0.494 e. The lowest BCUT2D eigenvalue weighted by Gasteiger charge is -2.26. The molecule has 4 rings (SSSR count). The zero-order valence-electron chi connectivity index (χ0n) is 18.9. The summed E-state index contributed by atoms with van der Waals surface area (Å²) in [6.07, 6.45) is 4.18. The molecule has 170 valence electrons. The third-order valence-electron chi connectivity index (χ3n) is 6.30. The fourth-order valence-corrected chi connectivity index (χ4v) is 4.49. The molecule has 2 amide bonds. The number of carbonyl (C=O) groups is 2. The quantitative estimate of drug-likeness (QED) is 0.686. The van der Waals surface area contributed by atoms with Gasteiger partial charge in [0.15, 0.2) is 0 Å². The molecule has 0 unspecified atom stereocenters. The first-order valence-corrected chi connectivity index (χ1v) is 11.7. The van der Waals surface area contributed by atoms with Crippen molar-refractivity contribution in [2.75, 3.05) is 31.1 Å². The Labute approximate surface area is 190 Å². The summed E-state index contributed by atoms with van der Waals surface area (Å²) in [4.78, 5) is 29.4. The predicted molar refractivity (Wildman–Crippen MR) is 125 cm³/mol. The maximum absolute atomic E-state index is 12.7. The number of ether oxygens (including phenoxy) is 1. The average molecular weight is 436 g/mol. The van der Waals surface area contributed by atoms with Crippen molar-refractivity contribution < 1.29 is 14.3 Å². The van der Waals surface area contributed by atoms with E-state index in [9.17, 15) is 9.59 Å². The number of hydrogen-bond donors (Lipinski definition) is 1. The van der Waals surface area contributed by atoms with E-state index in [1.807, 2.05) is 31.2 Å². The molecule has 2 aromatic rings. The SMILES string of the molecule is CCOc1ccc(N2C[C@@H](C(=O)NCc3ccc(CN4CCCCC4)cc3)CC2=O)cc1.